The van der Waals surface area contributed by atoms with Crippen molar-refractivity contribution in [3.63, 3.8) is 0 Å². The number of hydrogen-bond acceptors (Lipinski definition) is 2. The first kappa shape index (κ1) is 14.8. The van der Waals surface area contributed by atoms with Crippen LogP contribution in [0.5, 0.6) is 5.75 Å². The standard InChI is InChI=1S/C15H13ClF2O2/c16-12-5-1-10(2-6-12)9-14(19)11-3-7-13(8-4-11)20-15(17)18/h1-8,14-15,19H,9H2. The lowest BCUT2D eigenvalue weighted by Gasteiger charge is -2.12. The lowest BCUT2D eigenvalue weighted by Crippen LogP contribution is -2.04. The van der Waals surface area contributed by atoms with Gasteiger partial charge in [0.1, 0.15) is 5.75 Å². The molecule has 0 saturated heterocycles. The van der Waals surface area contributed by atoms with E-state index in [1.165, 1.54) is 12.1 Å². The van der Waals surface area contributed by atoms with Crippen molar-refractivity contribution in [2.24, 2.45) is 0 Å². The molecule has 5 heteroatoms. The molecule has 0 aliphatic rings. The molecule has 1 atom stereocenters. The number of aliphatic hydroxyl groups is 1. The van der Waals surface area contributed by atoms with E-state index in [4.69, 9.17) is 11.6 Å². The van der Waals surface area contributed by atoms with Gasteiger partial charge in [-0.15, -0.1) is 0 Å². The molecule has 2 aromatic carbocycles. The van der Waals surface area contributed by atoms with Crippen molar-refractivity contribution in [3.05, 3.63) is 64.7 Å². The van der Waals surface area contributed by atoms with E-state index in [2.05, 4.69) is 4.74 Å². The number of rotatable bonds is 5. The van der Waals surface area contributed by atoms with E-state index in [1.807, 2.05) is 12.1 Å². The number of alkyl halides is 2. The van der Waals surface area contributed by atoms with E-state index in [0.717, 1.165) is 5.56 Å². The number of hydrogen-bond donors (Lipinski definition) is 1. The summed E-state index contributed by atoms with van der Waals surface area (Å²) in [6.07, 6.45) is -0.288. The van der Waals surface area contributed by atoms with Crippen molar-refractivity contribution in [2.75, 3.05) is 0 Å². The van der Waals surface area contributed by atoms with Crippen molar-refractivity contribution < 1.29 is 18.6 Å². The fraction of sp³-hybridized carbons (Fsp3) is 0.200. The highest BCUT2D eigenvalue weighted by molar-refractivity contribution is 6.30. The van der Waals surface area contributed by atoms with Gasteiger partial charge in [0.15, 0.2) is 0 Å². The van der Waals surface area contributed by atoms with Gasteiger partial charge in [0.25, 0.3) is 0 Å². The van der Waals surface area contributed by atoms with Gasteiger partial charge in [-0.3, -0.25) is 0 Å². The molecule has 0 heterocycles. The van der Waals surface area contributed by atoms with Crippen LogP contribution < -0.4 is 4.74 Å². The molecule has 20 heavy (non-hydrogen) atoms. The molecule has 0 amide bonds. The van der Waals surface area contributed by atoms with E-state index in [1.54, 1.807) is 24.3 Å². The smallest absolute Gasteiger partial charge is 0.387 e. The normalized spacial score (nSPS) is 12.4. The Morgan fingerprint density at radius 2 is 1.60 bits per heavy atom. The summed E-state index contributed by atoms with van der Waals surface area (Å²) in [6, 6.07) is 13.1. The fourth-order valence-electron chi connectivity index (χ4n) is 1.83. The predicted octanol–water partition coefficient (Wildman–Crippen LogP) is 4.22. The lowest BCUT2D eigenvalue weighted by atomic mass is 10.0. The molecule has 0 saturated carbocycles. The Hall–Kier alpha value is -1.65. The third kappa shape index (κ3) is 4.18. The predicted molar refractivity (Wildman–Crippen MR) is 73.2 cm³/mol. The Morgan fingerprint density at radius 1 is 1.00 bits per heavy atom. The van der Waals surface area contributed by atoms with Gasteiger partial charge < -0.3 is 9.84 Å². The minimum absolute atomic E-state index is 0.0717. The van der Waals surface area contributed by atoms with Crippen LogP contribution in [0.3, 0.4) is 0 Å². The Kier molecular flexibility index (Phi) is 4.93. The zero-order valence-electron chi connectivity index (χ0n) is 10.5. The zero-order valence-corrected chi connectivity index (χ0v) is 11.2. The SMILES string of the molecule is OC(Cc1ccc(Cl)cc1)c1ccc(OC(F)F)cc1. The Balaban J connectivity index is 2.01. The van der Waals surface area contributed by atoms with E-state index in [9.17, 15) is 13.9 Å². The number of ether oxygens (including phenoxy) is 1. The minimum Gasteiger partial charge on any atom is -0.435 e. The van der Waals surface area contributed by atoms with Gasteiger partial charge in [0, 0.05) is 11.4 Å². The first-order chi connectivity index (χ1) is 9.54. The van der Waals surface area contributed by atoms with Crippen LogP contribution in [0.15, 0.2) is 48.5 Å². The van der Waals surface area contributed by atoms with Crippen LogP contribution in [0.2, 0.25) is 5.02 Å². The summed E-state index contributed by atoms with van der Waals surface area (Å²) in [5.74, 6) is 0.0717. The third-order valence-electron chi connectivity index (χ3n) is 2.83. The van der Waals surface area contributed by atoms with Crippen molar-refractivity contribution >= 4 is 11.6 Å². The van der Waals surface area contributed by atoms with Gasteiger partial charge in [0.05, 0.1) is 6.10 Å². The first-order valence-electron chi connectivity index (χ1n) is 6.02. The van der Waals surface area contributed by atoms with Crippen LogP contribution >= 0.6 is 11.6 Å². The van der Waals surface area contributed by atoms with E-state index < -0.39 is 12.7 Å². The summed E-state index contributed by atoms with van der Waals surface area (Å²) >= 11 is 5.79. The van der Waals surface area contributed by atoms with Crippen LogP contribution in [-0.4, -0.2) is 11.7 Å². The van der Waals surface area contributed by atoms with Crippen molar-refractivity contribution in [1.29, 1.82) is 0 Å². The van der Waals surface area contributed by atoms with Crippen LogP contribution in [0.4, 0.5) is 8.78 Å². The molecule has 1 N–H and O–H groups in total. The van der Waals surface area contributed by atoms with Gasteiger partial charge in [-0.2, -0.15) is 8.78 Å². The molecular weight excluding hydrogens is 286 g/mol. The molecule has 0 radical (unpaired) electrons. The molecule has 0 fully saturated rings. The van der Waals surface area contributed by atoms with E-state index >= 15 is 0 Å². The maximum absolute atomic E-state index is 12.0. The molecule has 0 aromatic heterocycles. The van der Waals surface area contributed by atoms with Crippen molar-refractivity contribution in [2.45, 2.75) is 19.1 Å². The number of benzene rings is 2. The molecule has 2 nitrogen and oxygen atoms in total. The highest BCUT2D eigenvalue weighted by Gasteiger charge is 2.10. The minimum atomic E-state index is -2.85. The van der Waals surface area contributed by atoms with E-state index in [-0.39, 0.29) is 5.75 Å². The average molecular weight is 299 g/mol. The molecule has 2 rings (SSSR count). The van der Waals surface area contributed by atoms with Gasteiger partial charge in [0.2, 0.25) is 0 Å². The van der Waals surface area contributed by atoms with Gasteiger partial charge in [-0.1, -0.05) is 35.9 Å². The first-order valence-corrected chi connectivity index (χ1v) is 6.39. The summed E-state index contributed by atoms with van der Waals surface area (Å²) in [7, 11) is 0. The zero-order chi connectivity index (χ0) is 14.5. The maximum atomic E-state index is 12.0. The Bertz CT molecular complexity index is 541. The van der Waals surface area contributed by atoms with Crippen LogP contribution in [0.25, 0.3) is 0 Å². The molecule has 2 aromatic rings. The van der Waals surface area contributed by atoms with Crippen molar-refractivity contribution in [1.82, 2.24) is 0 Å². The van der Waals surface area contributed by atoms with Crippen LogP contribution in [0.1, 0.15) is 17.2 Å². The highest BCUT2D eigenvalue weighted by Crippen LogP contribution is 2.22. The van der Waals surface area contributed by atoms with Crippen LogP contribution in [-0.2, 0) is 6.42 Å². The van der Waals surface area contributed by atoms with Crippen LogP contribution in [0, 0.1) is 0 Å². The van der Waals surface area contributed by atoms with E-state index in [0.29, 0.717) is 17.0 Å². The topological polar surface area (TPSA) is 29.5 Å². The summed E-state index contributed by atoms with van der Waals surface area (Å²) in [4.78, 5) is 0. The lowest BCUT2D eigenvalue weighted by molar-refractivity contribution is -0.0498. The second-order valence-corrected chi connectivity index (χ2v) is 4.73. The highest BCUT2D eigenvalue weighted by atomic mass is 35.5. The molecule has 0 spiro atoms. The van der Waals surface area contributed by atoms with Gasteiger partial charge >= 0.3 is 6.61 Å². The number of halogens is 3. The molecule has 0 bridgehead atoms. The molecule has 106 valence electrons. The molecular formula is C15H13ClF2O2. The number of aliphatic hydroxyl groups excluding tert-OH is 1. The average Bonchev–Trinajstić information content (AvgIpc) is 2.41. The Labute approximate surface area is 120 Å². The third-order valence-corrected chi connectivity index (χ3v) is 3.08. The monoisotopic (exact) mass is 298 g/mol. The summed E-state index contributed by atoms with van der Waals surface area (Å²) in [5, 5.41) is 10.7. The summed E-state index contributed by atoms with van der Waals surface area (Å²) in [6.45, 7) is -2.85. The summed E-state index contributed by atoms with van der Waals surface area (Å²) in [5.41, 5.74) is 1.58. The summed E-state index contributed by atoms with van der Waals surface area (Å²) < 4.78 is 28.3. The largest absolute Gasteiger partial charge is 0.435 e. The van der Waals surface area contributed by atoms with Crippen molar-refractivity contribution in [3.8, 4) is 5.75 Å². The quantitative estimate of drug-likeness (QED) is 0.895. The Morgan fingerprint density at radius 3 is 2.15 bits per heavy atom. The fourth-order valence-corrected chi connectivity index (χ4v) is 1.96. The molecule has 0 aliphatic carbocycles. The molecule has 1 unspecified atom stereocenters. The second kappa shape index (κ2) is 6.68. The van der Waals surface area contributed by atoms with Gasteiger partial charge in [-0.25, -0.2) is 0 Å². The van der Waals surface area contributed by atoms with Gasteiger partial charge in [-0.05, 0) is 35.4 Å². The second-order valence-electron chi connectivity index (χ2n) is 4.29. The molecule has 0 aliphatic heterocycles. The maximum Gasteiger partial charge on any atom is 0.387 e.